The maximum Gasteiger partial charge on any atom is 0.276 e. The first-order valence-corrected chi connectivity index (χ1v) is 7.14. The summed E-state index contributed by atoms with van der Waals surface area (Å²) in [5.41, 5.74) is 4.23. The number of halogens is 1. The first-order chi connectivity index (χ1) is 11.1. The van der Waals surface area contributed by atoms with Crippen LogP contribution in [-0.4, -0.2) is 15.8 Å². The van der Waals surface area contributed by atoms with Crippen LogP contribution in [0.15, 0.2) is 40.9 Å². The quantitative estimate of drug-likeness (QED) is 0.610. The second-order valence-electron chi connectivity index (χ2n) is 4.61. The number of carbonyl (C=O) groups excluding carboxylic acids is 1. The minimum Gasteiger partial charge on any atom is -0.545 e. The van der Waals surface area contributed by atoms with Crippen molar-refractivity contribution in [2.24, 2.45) is 0 Å². The fourth-order valence-electron chi connectivity index (χ4n) is 1.58. The number of non-ortho nitro benzene ring substituents is 2. The van der Waals surface area contributed by atoms with Gasteiger partial charge in [-0.2, -0.15) is 0 Å². The number of nitro groups is 2. The first-order valence-electron chi connectivity index (χ1n) is 6.35. The van der Waals surface area contributed by atoms with Gasteiger partial charge >= 0.3 is 0 Å². The Balaban J connectivity index is 0.000000272. The van der Waals surface area contributed by atoms with Crippen molar-refractivity contribution < 1.29 is 25.5 Å². The summed E-state index contributed by atoms with van der Waals surface area (Å²) in [7, 11) is 0. The van der Waals surface area contributed by atoms with E-state index in [4.69, 9.17) is 0 Å². The number of carboxylic acids is 1. The molecule has 0 aliphatic rings. The van der Waals surface area contributed by atoms with Crippen molar-refractivity contribution in [3.63, 3.8) is 0 Å². The number of quaternary nitrogens is 1. The predicted octanol–water partition coefficient (Wildman–Crippen LogP) is 1.50. The molecule has 0 bridgehead atoms. The number of aromatic carboxylic acids is 1. The van der Waals surface area contributed by atoms with E-state index in [0.29, 0.717) is 18.2 Å². The minimum atomic E-state index is -1.71. The molecule has 0 saturated heterocycles. The van der Waals surface area contributed by atoms with E-state index >= 15 is 0 Å². The lowest BCUT2D eigenvalue weighted by atomic mass is 10.2. The molecule has 3 N–H and O–H groups in total. The molecular weight excluding hydrogens is 386 g/mol. The summed E-state index contributed by atoms with van der Waals surface area (Å²) >= 11 is 3.37. The first kappa shape index (κ1) is 19.2. The Morgan fingerprint density at radius 2 is 1.54 bits per heavy atom. The minimum absolute atomic E-state index is 0.601. The van der Waals surface area contributed by atoms with Crippen molar-refractivity contribution in [3.05, 3.63) is 72.2 Å². The van der Waals surface area contributed by atoms with E-state index in [1.165, 1.54) is 5.56 Å². The van der Waals surface area contributed by atoms with Gasteiger partial charge < -0.3 is 15.6 Å². The molecule has 0 unspecified atom stereocenters. The van der Waals surface area contributed by atoms with Gasteiger partial charge in [-0.15, -0.1) is 0 Å². The van der Waals surface area contributed by atoms with Crippen molar-refractivity contribution in [1.82, 2.24) is 0 Å². The zero-order valence-corrected chi connectivity index (χ0v) is 14.0. The number of benzene rings is 2. The smallest absolute Gasteiger partial charge is 0.276 e. The number of hydrogen-bond acceptors (Lipinski definition) is 6. The van der Waals surface area contributed by atoms with Gasteiger partial charge in [0.05, 0.1) is 21.9 Å². The van der Waals surface area contributed by atoms with Gasteiger partial charge in [-0.3, -0.25) is 20.2 Å². The summed E-state index contributed by atoms with van der Waals surface area (Å²) in [6, 6.07) is 8.12. The van der Waals surface area contributed by atoms with Crippen LogP contribution in [0.3, 0.4) is 0 Å². The highest BCUT2D eigenvalue weighted by atomic mass is 79.9. The monoisotopic (exact) mass is 397 g/mol. The van der Waals surface area contributed by atoms with E-state index in [2.05, 4.69) is 27.7 Å². The molecule has 0 spiro atoms. The van der Waals surface area contributed by atoms with Crippen molar-refractivity contribution in [3.8, 4) is 0 Å². The van der Waals surface area contributed by atoms with E-state index in [-0.39, 0.29) is 0 Å². The van der Waals surface area contributed by atoms with Gasteiger partial charge in [-0.05, 0) is 19.1 Å². The average molecular weight is 398 g/mol. The number of rotatable bonds is 3. The summed E-state index contributed by atoms with van der Waals surface area (Å²) in [6.45, 7) is 2.05. The number of nitrogens with zero attached hydrogens (tertiary/aromatic N) is 2. The molecule has 2 aromatic rings. The van der Waals surface area contributed by atoms with Crippen LogP contribution >= 0.6 is 15.9 Å². The number of carbonyl (C=O) groups is 1. The van der Waals surface area contributed by atoms with Crippen LogP contribution in [0, 0.1) is 27.2 Å². The highest BCUT2D eigenvalue weighted by Crippen LogP contribution is 2.22. The maximum absolute atomic E-state index is 10.4. The molecular formula is C14H12BrN3O6. The highest BCUT2D eigenvalue weighted by Gasteiger charge is 2.16. The zero-order valence-electron chi connectivity index (χ0n) is 12.4. The molecule has 0 saturated carbocycles. The second kappa shape index (κ2) is 8.13. The van der Waals surface area contributed by atoms with Crippen molar-refractivity contribution in [2.45, 2.75) is 6.92 Å². The van der Waals surface area contributed by atoms with Crippen LogP contribution in [0.1, 0.15) is 15.9 Å². The summed E-state index contributed by atoms with van der Waals surface area (Å²) < 4.78 is 1.12. The largest absolute Gasteiger partial charge is 0.545 e. The topological polar surface area (TPSA) is 154 Å². The van der Waals surface area contributed by atoms with Gasteiger partial charge in [-0.1, -0.05) is 15.9 Å². The van der Waals surface area contributed by atoms with Crippen molar-refractivity contribution in [1.29, 1.82) is 0 Å². The van der Waals surface area contributed by atoms with Crippen LogP contribution in [0.2, 0.25) is 0 Å². The third kappa shape index (κ3) is 5.41. The average Bonchev–Trinajstić information content (AvgIpc) is 2.51. The fourth-order valence-corrected chi connectivity index (χ4v) is 2.06. The molecule has 0 atom stereocenters. The van der Waals surface area contributed by atoms with Gasteiger partial charge in [0, 0.05) is 33.8 Å². The Labute approximate surface area is 144 Å². The molecule has 9 nitrogen and oxygen atoms in total. The molecule has 0 aliphatic carbocycles. The molecule has 2 aromatic carbocycles. The molecule has 0 fully saturated rings. The van der Waals surface area contributed by atoms with E-state index in [1.54, 1.807) is 0 Å². The van der Waals surface area contributed by atoms with E-state index in [1.807, 2.05) is 19.1 Å². The third-order valence-corrected chi connectivity index (χ3v) is 3.36. The standard InChI is InChI=1S/C7H8BrN.C7H4N2O6/c1-5-4-6(8)2-3-7(5)9;10-7(11)4-1-5(8(12)13)3-6(2-4)9(14)15/h2-4H,9H2,1H3;1-3H,(H,10,11). The summed E-state index contributed by atoms with van der Waals surface area (Å²) in [5, 5.41) is 31.0. The Morgan fingerprint density at radius 3 is 1.88 bits per heavy atom. The molecule has 0 amide bonds. The van der Waals surface area contributed by atoms with Gasteiger partial charge in [0.1, 0.15) is 5.69 Å². The van der Waals surface area contributed by atoms with Crippen LogP contribution in [0.25, 0.3) is 0 Å². The molecule has 0 radical (unpaired) electrons. The number of hydrogen-bond donors (Lipinski definition) is 1. The van der Waals surface area contributed by atoms with Gasteiger partial charge in [-0.25, -0.2) is 0 Å². The van der Waals surface area contributed by atoms with Crippen molar-refractivity contribution >= 4 is 39.0 Å². The zero-order chi connectivity index (χ0) is 18.4. The lowest BCUT2D eigenvalue weighted by Gasteiger charge is -2.01. The number of aryl methyl sites for hydroxylation is 1. The summed E-state index contributed by atoms with van der Waals surface area (Å²) in [5.74, 6) is -1.71. The predicted molar refractivity (Wildman–Crippen MR) is 85.5 cm³/mol. The SMILES string of the molecule is Cc1cc(Br)ccc1[NH3+].O=C([O-])c1cc([N+](=O)[O-])cc([N+](=O)[O-])c1. The molecule has 0 heterocycles. The summed E-state index contributed by atoms with van der Waals surface area (Å²) in [6.07, 6.45) is 0. The Kier molecular flexibility index (Phi) is 6.50. The van der Waals surface area contributed by atoms with Gasteiger partial charge in [0.2, 0.25) is 0 Å². The lowest BCUT2D eigenvalue weighted by molar-refractivity contribution is -0.394. The fraction of sp³-hybridized carbons (Fsp3) is 0.0714. The Bertz CT molecular complexity index is 730. The van der Waals surface area contributed by atoms with Gasteiger partial charge in [0.15, 0.2) is 0 Å². The maximum atomic E-state index is 10.4. The molecule has 2 rings (SSSR count). The Morgan fingerprint density at radius 1 is 1.04 bits per heavy atom. The van der Waals surface area contributed by atoms with Crippen molar-refractivity contribution in [2.75, 3.05) is 0 Å². The molecule has 0 aromatic heterocycles. The molecule has 0 aliphatic heterocycles. The highest BCUT2D eigenvalue weighted by molar-refractivity contribution is 9.10. The molecule has 126 valence electrons. The third-order valence-electron chi connectivity index (χ3n) is 2.86. The van der Waals surface area contributed by atoms with Crippen LogP contribution in [0.4, 0.5) is 17.1 Å². The van der Waals surface area contributed by atoms with Crippen LogP contribution in [-0.2, 0) is 0 Å². The lowest BCUT2D eigenvalue weighted by Crippen LogP contribution is -2.40. The number of nitro benzene ring substituents is 2. The second-order valence-corrected chi connectivity index (χ2v) is 5.53. The van der Waals surface area contributed by atoms with Gasteiger partial charge in [0.25, 0.3) is 11.4 Å². The molecule has 10 heteroatoms. The normalized spacial score (nSPS) is 9.62. The summed E-state index contributed by atoms with van der Waals surface area (Å²) in [4.78, 5) is 29.2. The number of carboxylic acid groups (broad SMARTS) is 1. The van der Waals surface area contributed by atoms with Crippen LogP contribution in [0.5, 0.6) is 0 Å². The van der Waals surface area contributed by atoms with E-state index in [9.17, 15) is 30.1 Å². The molecule has 24 heavy (non-hydrogen) atoms. The Hall–Kier alpha value is -2.85. The van der Waals surface area contributed by atoms with Crippen LogP contribution < -0.4 is 10.8 Å². The van der Waals surface area contributed by atoms with E-state index < -0.39 is 32.8 Å². The van der Waals surface area contributed by atoms with E-state index in [0.717, 1.165) is 10.2 Å².